The van der Waals surface area contributed by atoms with Crippen molar-refractivity contribution in [2.24, 2.45) is 5.73 Å². The highest BCUT2D eigenvalue weighted by molar-refractivity contribution is 5.96. The molecule has 0 saturated heterocycles. The fraction of sp³-hybridized carbons (Fsp3) is 0.417. The Hall–Kier alpha value is -2.31. The standard InChI is InChI=1S/C12H18N4O3/c1-2-3-6-16(7-9(13)17)11-10(14)8(12(18)19)4-5-15-11/h4-5H,2-3,6-7,14H2,1H3,(H2,13,17)(H,18,19). The van der Waals surface area contributed by atoms with Crippen molar-refractivity contribution < 1.29 is 14.7 Å². The molecule has 0 unspecified atom stereocenters. The number of anilines is 2. The molecule has 0 saturated carbocycles. The molecule has 7 heteroatoms. The van der Waals surface area contributed by atoms with Crippen molar-refractivity contribution in [2.45, 2.75) is 19.8 Å². The first kappa shape index (κ1) is 14.7. The van der Waals surface area contributed by atoms with Gasteiger partial charge in [0.15, 0.2) is 5.82 Å². The van der Waals surface area contributed by atoms with Crippen molar-refractivity contribution >= 4 is 23.4 Å². The summed E-state index contributed by atoms with van der Waals surface area (Å²) in [6, 6.07) is 1.32. The minimum Gasteiger partial charge on any atom is -0.478 e. The second kappa shape index (κ2) is 6.58. The van der Waals surface area contributed by atoms with Gasteiger partial charge in [-0.25, -0.2) is 9.78 Å². The number of carboxylic acid groups (broad SMARTS) is 1. The van der Waals surface area contributed by atoms with Crippen molar-refractivity contribution in [3.8, 4) is 0 Å². The third-order valence-electron chi connectivity index (χ3n) is 2.63. The second-order valence-electron chi connectivity index (χ2n) is 4.14. The Kier molecular flexibility index (Phi) is 5.11. The first-order chi connectivity index (χ1) is 8.97. The minimum absolute atomic E-state index is 0.0315. The average Bonchev–Trinajstić information content (AvgIpc) is 2.34. The number of nitrogen functional groups attached to an aromatic ring is 1. The van der Waals surface area contributed by atoms with Gasteiger partial charge in [0.2, 0.25) is 5.91 Å². The molecule has 0 spiro atoms. The molecule has 1 amide bonds. The maximum absolute atomic E-state index is 11.1. The smallest absolute Gasteiger partial charge is 0.337 e. The first-order valence-electron chi connectivity index (χ1n) is 5.98. The predicted octanol–water partition coefficient (Wildman–Crippen LogP) is 0.454. The van der Waals surface area contributed by atoms with Gasteiger partial charge >= 0.3 is 5.97 Å². The molecule has 0 fully saturated rings. The maximum Gasteiger partial charge on any atom is 0.337 e. The molecule has 1 aromatic rings. The zero-order valence-corrected chi connectivity index (χ0v) is 10.8. The van der Waals surface area contributed by atoms with E-state index in [2.05, 4.69) is 4.98 Å². The normalized spacial score (nSPS) is 10.2. The summed E-state index contributed by atoms with van der Waals surface area (Å²) >= 11 is 0. The molecule has 5 N–H and O–H groups in total. The van der Waals surface area contributed by atoms with Gasteiger partial charge in [0.25, 0.3) is 0 Å². The highest BCUT2D eigenvalue weighted by Crippen LogP contribution is 2.24. The van der Waals surface area contributed by atoms with Crippen LogP contribution in [0, 0.1) is 0 Å². The van der Waals surface area contributed by atoms with Crippen LogP contribution in [0.4, 0.5) is 11.5 Å². The van der Waals surface area contributed by atoms with Crippen molar-refractivity contribution in [1.29, 1.82) is 0 Å². The summed E-state index contributed by atoms with van der Waals surface area (Å²) in [6.45, 7) is 2.51. The molecule has 7 nitrogen and oxygen atoms in total. The van der Waals surface area contributed by atoms with Crippen LogP contribution in [-0.2, 0) is 4.79 Å². The van der Waals surface area contributed by atoms with E-state index in [4.69, 9.17) is 16.6 Å². The second-order valence-corrected chi connectivity index (χ2v) is 4.14. The molecule has 1 rings (SSSR count). The number of nitrogens with two attached hydrogens (primary N) is 2. The van der Waals surface area contributed by atoms with Crippen LogP contribution in [0.25, 0.3) is 0 Å². The number of primary amides is 1. The SMILES string of the molecule is CCCCN(CC(N)=O)c1nccc(C(=O)O)c1N. The molecule has 19 heavy (non-hydrogen) atoms. The van der Waals surface area contributed by atoms with E-state index in [1.165, 1.54) is 12.3 Å². The Morgan fingerprint density at radius 1 is 1.47 bits per heavy atom. The topological polar surface area (TPSA) is 123 Å². The molecule has 0 bridgehead atoms. The Morgan fingerprint density at radius 2 is 2.16 bits per heavy atom. The Morgan fingerprint density at radius 3 is 2.68 bits per heavy atom. The fourth-order valence-electron chi connectivity index (χ4n) is 1.70. The van der Waals surface area contributed by atoms with Crippen molar-refractivity contribution in [3.63, 3.8) is 0 Å². The molecule has 0 aromatic carbocycles. The third-order valence-corrected chi connectivity index (χ3v) is 2.63. The lowest BCUT2D eigenvalue weighted by molar-refractivity contribution is -0.116. The first-order valence-corrected chi connectivity index (χ1v) is 5.98. The Balaban J connectivity index is 3.10. The summed E-state index contributed by atoms with van der Waals surface area (Å²) in [6.07, 6.45) is 3.11. The zero-order chi connectivity index (χ0) is 14.4. The fourth-order valence-corrected chi connectivity index (χ4v) is 1.70. The number of hydrogen-bond donors (Lipinski definition) is 3. The van der Waals surface area contributed by atoms with Crippen LogP contribution >= 0.6 is 0 Å². The van der Waals surface area contributed by atoms with Crippen LogP contribution < -0.4 is 16.4 Å². The van der Waals surface area contributed by atoms with E-state index in [0.29, 0.717) is 6.54 Å². The number of amides is 1. The number of pyridine rings is 1. The van der Waals surface area contributed by atoms with Crippen LogP contribution in [0.1, 0.15) is 30.1 Å². The average molecular weight is 266 g/mol. The lowest BCUT2D eigenvalue weighted by atomic mass is 10.2. The van der Waals surface area contributed by atoms with Crippen LogP contribution in [0.2, 0.25) is 0 Å². The summed E-state index contributed by atoms with van der Waals surface area (Å²) in [5, 5.41) is 9.01. The van der Waals surface area contributed by atoms with Crippen molar-refractivity contribution in [3.05, 3.63) is 17.8 Å². The molecular formula is C12H18N4O3. The van der Waals surface area contributed by atoms with E-state index in [0.717, 1.165) is 12.8 Å². The largest absolute Gasteiger partial charge is 0.478 e. The number of unbranched alkanes of at least 4 members (excludes halogenated alkanes) is 1. The van der Waals surface area contributed by atoms with Gasteiger partial charge in [-0.2, -0.15) is 0 Å². The number of nitrogens with zero attached hydrogens (tertiary/aromatic N) is 2. The van der Waals surface area contributed by atoms with Crippen LogP contribution in [0.3, 0.4) is 0 Å². The van der Waals surface area contributed by atoms with E-state index in [9.17, 15) is 9.59 Å². The van der Waals surface area contributed by atoms with Crippen LogP contribution in [-0.4, -0.2) is 35.1 Å². The summed E-state index contributed by atoms with van der Waals surface area (Å²) < 4.78 is 0. The number of aromatic nitrogens is 1. The van der Waals surface area contributed by atoms with Gasteiger partial charge in [0.05, 0.1) is 17.8 Å². The summed E-state index contributed by atoms with van der Waals surface area (Å²) in [5.74, 6) is -1.36. The number of aromatic carboxylic acids is 1. The lowest BCUT2D eigenvalue weighted by Crippen LogP contribution is -2.35. The van der Waals surface area contributed by atoms with Gasteiger partial charge in [-0.15, -0.1) is 0 Å². The van der Waals surface area contributed by atoms with E-state index < -0.39 is 11.9 Å². The summed E-state index contributed by atoms with van der Waals surface area (Å²) in [5.41, 5.74) is 11.0. The summed E-state index contributed by atoms with van der Waals surface area (Å²) in [7, 11) is 0. The number of carbonyl (C=O) groups is 2. The predicted molar refractivity (Wildman–Crippen MR) is 71.9 cm³/mol. The summed E-state index contributed by atoms with van der Waals surface area (Å²) in [4.78, 5) is 27.7. The van der Waals surface area contributed by atoms with Crippen molar-refractivity contribution in [1.82, 2.24) is 4.98 Å². The highest BCUT2D eigenvalue weighted by atomic mass is 16.4. The maximum atomic E-state index is 11.1. The quantitative estimate of drug-likeness (QED) is 0.658. The van der Waals surface area contributed by atoms with Gasteiger partial charge in [-0.05, 0) is 12.5 Å². The third kappa shape index (κ3) is 3.84. The Labute approximate surface area is 111 Å². The lowest BCUT2D eigenvalue weighted by Gasteiger charge is -2.23. The van der Waals surface area contributed by atoms with E-state index in [1.54, 1.807) is 4.90 Å². The number of carboxylic acids is 1. The van der Waals surface area contributed by atoms with Gasteiger partial charge in [-0.1, -0.05) is 13.3 Å². The van der Waals surface area contributed by atoms with Gasteiger partial charge in [0, 0.05) is 12.7 Å². The highest BCUT2D eigenvalue weighted by Gasteiger charge is 2.18. The van der Waals surface area contributed by atoms with E-state index in [-0.39, 0.29) is 23.6 Å². The van der Waals surface area contributed by atoms with Crippen LogP contribution in [0.15, 0.2) is 12.3 Å². The van der Waals surface area contributed by atoms with Crippen molar-refractivity contribution in [2.75, 3.05) is 23.7 Å². The van der Waals surface area contributed by atoms with Gasteiger partial charge in [0.1, 0.15) is 0 Å². The zero-order valence-electron chi connectivity index (χ0n) is 10.8. The molecule has 1 aromatic heterocycles. The van der Waals surface area contributed by atoms with Gasteiger partial charge in [-0.3, -0.25) is 4.79 Å². The molecule has 0 atom stereocenters. The number of hydrogen-bond acceptors (Lipinski definition) is 5. The molecule has 0 aliphatic rings. The van der Waals surface area contributed by atoms with Crippen LogP contribution in [0.5, 0.6) is 0 Å². The molecular weight excluding hydrogens is 248 g/mol. The number of rotatable bonds is 7. The monoisotopic (exact) mass is 266 g/mol. The minimum atomic E-state index is -1.13. The molecule has 0 aliphatic heterocycles. The molecule has 1 heterocycles. The Bertz CT molecular complexity index is 476. The van der Waals surface area contributed by atoms with E-state index >= 15 is 0 Å². The molecule has 0 radical (unpaired) electrons. The number of carbonyl (C=O) groups excluding carboxylic acids is 1. The van der Waals surface area contributed by atoms with Gasteiger partial charge < -0.3 is 21.5 Å². The molecule has 104 valence electrons. The van der Waals surface area contributed by atoms with E-state index in [1.807, 2.05) is 6.92 Å². The molecule has 0 aliphatic carbocycles.